The van der Waals surface area contributed by atoms with Crippen LogP contribution in [0.5, 0.6) is 0 Å². The summed E-state index contributed by atoms with van der Waals surface area (Å²) in [6.07, 6.45) is 0.118. The van der Waals surface area contributed by atoms with Crippen molar-refractivity contribution >= 4 is 23.4 Å². The smallest absolute Gasteiger partial charge is 0.162 e. The molecule has 86 valence electrons. The molecular formula is C11H9ClFO3-. The first kappa shape index (κ1) is 12.6. The highest BCUT2D eigenvalue weighted by Crippen LogP contribution is 2.17. The van der Waals surface area contributed by atoms with Crippen molar-refractivity contribution in [3.05, 3.63) is 34.6 Å². The Hall–Kier alpha value is -1.42. The molecule has 0 atom stereocenters. The molecule has 1 rings (SSSR count). The second-order valence-corrected chi connectivity index (χ2v) is 3.68. The standard InChI is InChI=1S/C11H10ClFO3/c12-8-6-7(4-5-9(8)13)10(14)2-1-3-11(15)16/h4-6H,1-3H2,(H,15,16)/p-1. The average Bonchev–Trinajstić information content (AvgIpc) is 2.21. The fourth-order valence-electron chi connectivity index (χ4n) is 1.21. The Balaban J connectivity index is 2.59. The van der Waals surface area contributed by atoms with Gasteiger partial charge in [-0.05, 0) is 31.0 Å². The van der Waals surface area contributed by atoms with Crippen LogP contribution in [0.15, 0.2) is 18.2 Å². The molecular weight excluding hydrogens is 235 g/mol. The number of benzene rings is 1. The second-order valence-electron chi connectivity index (χ2n) is 3.28. The Bertz CT molecular complexity index is 418. The number of carbonyl (C=O) groups excluding carboxylic acids is 2. The average molecular weight is 244 g/mol. The van der Waals surface area contributed by atoms with Crippen LogP contribution < -0.4 is 5.11 Å². The minimum atomic E-state index is -1.19. The summed E-state index contributed by atoms with van der Waals surface area (Å²) in [6.45, 7) is 0. The van der Waals surface area contributed by atoms with Gasteiger partial charge in [-0.15, -0.1) is 0 Å². The molecule has 0 N–H and O–H groups in total. The van der Waals surface area contributed by atoms with Crippen LogP contribution in [0.1, 0.15) is 29.6 Å². The zero-order valence-electron chi connectivity index (χ0n) is 8.33. The molecule has 16 heavy (non-hydrogen) atoms. The zero-order valence-corrected chi connectivity index (χ0v) is 9.09. The molecule has 0 spiro atoms. The molecule has 0 bridgehead atoms. The third-order valence-corrected chi connectivity index (χ3v) is 2.32. The SMILES string of the molecule is O=C([O-])CCCC(=O)c1ccc(F)c(Cl)c1. The van der Waals surface area contributed by atoms with Crippen LogP contribution in [0, 0.1) is 5.82 Å². The van der Waals surface area contributed by atoms with Gasteiger partial charge in [-0.2, -0.15) is 0 Å². The van der Waals surface area contributed by atoms with Crippen LogP contribution in [0.25, 0.3) is 0 Å². The van der Waals surface area contributed by atoms with Gasteiger partial charge in [-0.3, -0.25) is 4.79 Å². The number of carbonyl (C=O) groups is 2. The predicted octanol–water partition coefficient (Wildman–Crippen LogP) is 1.58. The fraction of sp³-hybridized carbons (Fsp3) is 0.273. The first-order valence-electron chi connectivity index (χ1n) is 4.69. The number of carboxylic acid groups (broad SMARTS) is 1. The number of Topliss-reactive ketones (excluding diaryl/α,β-unsaturated/α-hetero) is 1. The summed E-state index contributed by atoms with van der Waals surface area (Å²) in [7, 11) is 0. The monoisotopic (exact) mass is 243 g/mol. The quantitative estimate of drug-likeness (QED) is 0.738. The van der Waals surface area contributed by atoms with E-state index in [9.17, 15) is 19.1 Å². The highest BCUT2D eigenvalue weighted by atomic mass is 35.5. The van der Waals surface area contributed by atoms with Gasteiger partial charge in [0, 0.05) is 18.0 Å². The van der Waals surface area contributed by atoms with Crippen molar-refractivity contribution in [1.82, 2.24) is 0 Å². The first-order chi connectivity index (χ1) is 7.50. The fourth-order valence-corrected chi connectivity index (χ4v) is 1.39. The number of ketones is 1. The Kier molecular flexibility index (Phi) is 4.43. The third-order valence-electron chi connectivity index (χ3n) is 2.03. The minimum absolute atomic E-state index is 0.0793. The largest absolute Gasteiger partial charge is 0.550 e. The number of hydrogen-bond donors (Lipinski definition) is 0. The number of hydrogen-bond acceptors (Lipinski definition) is 3. The molecule has 0 amide bonds. The molecule has 1 aromatic carbocycles. The lowest BCUT2D eigenvalue weighted by Crippen LogP contribution is -2.21. The highest BCUT2D eigenvalue weighted by molar-refractivity contribution is 6.31. The van der Waals surface area contributed by atoms with Gasteiger partial charge in [0.15, 0.2) is 5.78 Å². The van der Waals surface area contributed by atoms with E-state index in [0.717, 1.165) is 6.07 Å². The van der Waals surface area contributed by atoms with Crippen LogP contribution >= 0.6 is 11.6 Å². The molecule has 0 aliphatic heterocycles. The van der Waals surface area contributed by atoms with Gasteiger partial charge in [-0.1, -0.05) is 11.6 Å². The second kappa shape index (κ2) is 5.61. The normalized spacial score (nSPS) is 10.1. The highest BCUT2D eigenvalue weighted by Gasteiger charge is 2.08. The van der Waals surface area contributed by atoms with Gasteiger partial charge >= 0.3 is 0 Å². The summed E-state index contributed by atoms with van der Waals surface area (Å²) in [6, 6.07) is 3.66. The summed E-state index contributed by atoms with van der Waals surface area (Å²) in [5, 5.41) is 10.0. The van der Waals surface area contributed by atoms with E-state index in [-0.39, 0.29) is 35.6 Å². The van der Waals surface area contributed by atoms with E-state index in [1.807, 2.05) is 0 Å². The maximum absolute atomic E-state index is 12.8. The number of halogens is 2. The van der Waals surface area contributed by atoms with E-state index in [2.05, 4.69) is 0 Å². The van der Waals surface area contributed by atoms with E-state index < -0.39 is 11.8 Å². The van der Waals surface area contributed by atoms with Crippen LogP contribution in [0.2, 0.25) is 5.02 Å². The zero-order chi connectivity index (χ0) is 12.1. The predicted molar refractivity (Wildman–Crippen MR) is 54.6 cm³/mol. The summed E-state index contributed by atoms with van der Waals surface area (Å²) in [5.74, 6) is -2.04. The lowest BCUT2D eigenvalue weighted by Gasteiger charge is -2.03. The van der Waals surface area contributed by atoms with Crippen LogP contribution in [-0.2, 0) is 4.79 Å². The molecule has 1 aromatic rings. The topological polar surface area (TPSA) is 57.2 Å². The van der Waals surface area contributed by atoms with E-state index in [1.165, 1.54) is 12.1 Å². The van der Waals surface area contributed by atoms with E-state index in [1.54, 1.807) is 0 Å². The number of aliphatic carboxylic acids is 1. The van der Waals surface area contributed by atoms with Gasteiger partial charge in [-0.25, -0.2) is 4.39 Å². The lowest BCUT2D eigenvalue weighted by atomic mass is 10.1. The van der Waals surface area contributed by atoms with Crippen LogP contribution in [0.3, 0.4) is 0 Å². The number of carboxylic acids is 1. The maximum atomic E-state index is 12.8. The first-order valence-corrected chi connectivity index (χ1v) is 5.06. The van der Waals surface area contributed by atoms with Crippen molar-refractivity contribution in [3.8, 4) is 0 Å². The third kappa shape index (κ3) is 3.62. The molecule has 0 unspecified atom stereocenters. The molecule has 5 heteroatoms. The van der Waals surface area contributed by atoms with Crippen LogP contribution in [0.4, 0.5) is 4.39 Å². The van der Waals surface area contributed by atoms with Gasteiger partial charge in [0.1, 0.15) is 5.82 Å². The summed E-state index contributed by atoms with van der Waals surface area (Å²) in [4.78, 5) is 21.6. The van der Waals surface area contributed by atoms with Crippen molar-refractivity contribution in [2.24, 2.45) is 0 Å². The van der Waals surface area contributed by atoms with Crippen molar-refractivity contribution in [2.45, 2.75) is 19.3 Å². The molecule has 0 heterocycles. The Morgan fingerprint density at radius 1 is 1.31 bits per heavy atom. The van der Waals surface area contributed by atoms with Crippen molar-refractivity contribution in [3.63, 3.8) is 0 Å². The molecule has 0 radical (unpaired) electrons. The van der Waals surface area contributed by atoms with E-state index in [0.29, 0.717) is 0 Å². The van der Waals surface area contributed by atoms with Gasteiger partial charge in [0.05, 0.1) is 5.02 Å². The van der Waals surface area contributed by atoms with E-state index in [4.69, 9.17) is 11.6 Å². The molecule has 0 saturated heterocycles. The Morgan fingerprint density at radius 2 is 2.00 bits per heavy atom. The number of rotatable bonds is 5. The molecule has 0 fully saturated rings. The minimum Gasteiger partial charge on any atom is -0.550 e. The summed E-state index contributed by atoms with van der Waals surface area (Å²) >= 11 is 5.51. The summed E-state index contributed by atoms with van der Waals surface area (Å²) in [5.41, 5.74) is 0.282. The van der Waals surface area contributed by atoms with Crippen molar-refractivity contribution in [1.29, 1.82) is 0 Å². The Morgan fingerprint density at radius 3 is 2.56 bits per heavy atom. The molecule has 0 aromatic heterocycles. The van der Waals surface area contributed by atoms with Gasteiger partial charge in [0.25, 0.3) is 0 Å². The Labute approximate surface area is 96.8 Å². The van der Waals surface area contributed by atoms with Crippen molar-refractivity contribution < 1.29 is 19.1 Å². The van der Waals surface area contributed by atoms with E-state index >= 15 is 0 Å². The molecule has 3 nitrogen and oxygen atoms in total. The van der Waals surface area contributed by atoms with Crippen LogP contribution in [-0.4, -0.2) is 11.8 Å². The molecule has 0 aliphatic carbocycles. The lowest BCUT2D eigenvalue weighted by molar-refractivity contribution is -0.305. The van der Waals surface area contributed by atoms with Crippen molar-refractivity contribution in [2.75, 3.05) is 0 Å². The van der Waals surface area contributed by atoms with Gasteiger partial charge in [0.2, 0.25) is 0 Å². The van der Waals surface area contributed by atoms with Gasteiger partial charge < -0.3 is 9.90 Å². The molecule has 0 aliphatic rings. The molecule has 0 saturated carbocycles. The maximum Gasteiger partial charge on any atom is 0.162 e. The summed E-state index contributed by atoms with van der Waals surface area (Å²) < 4.78 is 12.8.